The Morgan fingerprint density at radius 3 is 2.55 bits per heavy atom. The second kappa shape index (κ2) is 2.65. The number of phenolic OH excluding ortho intramolecular Hbond substituents is 1. The van der Waals surface area contributed by atoms with Gasteiger partial charge in [0, 0.05) is 6.07 Å². The maximum atomic E-state index is 12.7. The molecule has 0 saturated heterocycles. The Morgan fingerprint density at radius 2 is 2.00 bits per heavy atom. The molecule has 0 saturated carbocycles. The van der Waals surface area contributed by atoms with E-state index < -0.39 is 23.1 Å². The van der Waals surface area contributed by atoms with Gasteiger partial charge in [-0.25, -0.2) is 8.78 Å². The van der Waals surface area contributed by atoms with E-state index >= 15 is 0 Å². The van der Waals surface area contributed by atoms with Crippen LogP contribution in [0.3, 0.4) is 0 Å². The monoisotopic (exact) mass is 223 g/mol. The molecule has 0 aliphatic carbocycles. The van der Waals surface area contributed by atoms with Crippen LogP contribution < -0.4 is 5.73 Å². The number of benzene rings is 1. The van der Waals surface area contributed by atoms with Crippen LogP contribution in [0.1, 0.15) is 0 Å². The van der Waals surface area contributed by atoms with Gasteiger partial charge < -0.3 is 10.8 Å². The first-order valence-electron chi connectivity index (χ1n) is 2.66. The fraction of sp³-hybridized carbons (Fsp3) is 0. The Bertz CT molecular complexity index is 277. The molecular formula is C6H4BrF2NO. The van der Waals surface area contributed by atoms with Crippen molar-refractivity contribution in [2.24, 2.45) is 0 Å². The van der Waals surface area contributed by atoms with Gasteiger partial charge in [0.25, 0.3) is 0 Å². The van der Waals surface area contributed by atoms with Crippen molar-refractivity contribution < 1.29 is 13.9 Å². The highest BCUT2D eigenvalue weighted by Gasteiger charge is 2.13. The van der Waals surface area contributed by atoms with Gasteiger partial charge in [-0.1, -0.05) is 0 Å². The molecule has 1 aromatic rings. The quantitative estimate of drug-likeness (QED) is 0.402. The highest BCUT2D eigenvalue weighted by atomic mass is 79.9. The van der Waals surface area contributed by atoms with E-state index in [1.807, 2.05) is 0 Å². The first kappa shape index (κ1) is 8.26. The van der Waals surface area contributed by atoms with Gasteiger partial charge in [-0.2, -0.15) is 0 Å². The Morgan fingerprint density at radius 1 is 1.45 bits per heavy atom. The van der Waals surface area contributed by atoms with Gasteiger partial charge in [-0.3, -0.25) is 0 Å². The van der Waals surface area contributed by atoms with Crippen molar-refractivity contribution in [3.05, 3.63) is 22.2 Å². The van der Waals surface area contributed by atoms with Crippen LogP contribution in [-0.4, -0.2) is 5.11 Å². The standard InChI is InChI=1S/C6H4BrF2NO/c7-4-2(8)1-3(11)6(10)5(4)9/h1,11H,10H2. The molecule has 0 atom stereocenters. The van der Waals surface area contributed by atoms with E-state index in [1.54, 1.807) is 0 Å². The molecule has 1 rings (SSSR count). The lowest BCUT2D eigenvalue weighted by Crippen LogP contribution is -1.94. The molecule has 0 unspecified atom stereocenters. The third-order valence-corrected chi connectivity index (χ3v) is 1.91. The number of rotatable bonds is 0. The molecule has 0 spiro atoms. The molecule has 0 aliphatic rings. The summed E-state index contributed by atoms with van der Waals surface area (Å²) in [5, 5.41) is 8.78. The van der Waals surface area contributed by atoms with Crippen LogP contribution in [0.4, 0.5) is 14.5 Å². The molecule has 1 aromatic carbocycles. The molecule has 0 bridgehead atoms. The zero-order valence-electron chi connectivity index (χ0n) is 5.24. The first-order chi connectivity index (χ1) is 5.04. The number of phenols is 1. The van der Waals surface area contributed by atoms with Gasteiger partial charge in [0.05, 0.1) is 4.47 Å². The van der Waals surface area contributed by atoms with E-state index in [1.165, 1.54) is 0 Å². The van der Waals surface area contributed by atoms with Crippen LogP contribution in [0.2, 0.25) is 0 Å². The van der Waals surface area contributed by atoms with Crippen LogP contribution in [0.5, 0.6) is 5.75 Å². The molecule has 3 N–H and O–H groups in total. The minimum absolute atomic E-state index is 0.368. The van der Waals surface area contributed by atoms with Crippen molar-refractivity contribution in [1.29, 1.82) is 0 Å². The van der Waals surface area contributed by atoms with Gasteiger partial charge in [0.2, 0.25) is 0 Å². The predicted molar refractivity (Wildman–Crippen MR) is 40.1 cm³/mol. The zero-order chi connectivity index (χ0) is 8.59. The van der Waals surface area contributed by atoms with E-state index in [-0.39, 0.29) is 4.47 Å². The van der Waals surface area contributed by atoms with E-state index in [0.29, 0.717) is 0 Å². The van der Waals surface area contributed by atoms with Gasteiger partial charge in [-0.05, 0) is 15.9 Å². The number of aromatic hydroxyl groups is 1. The molecule has 0 fully saturated rings. The molecule has 11 heavy (non-hydrogen) atoms. The predicted octanol–water partition coefficient (Wildman–Crippen LogP) is 2.02. The minimum atomic E-state index is -0.984. The lowest BCUT2D eigenvalue weighted by Gasteiger charge is -2.02. The summed E-state index contributed by atoms with van der Waals surface area (Å²) in [7, 11) is 0. The average molecular weight is 224 g/mol. The maximum Gasteiger partial charge on any atom is 0.167 e. The molecule has 5 heteroatoms. The lowest BCUT2D eigenvalue weighted by molar-refractivity contribution is 0.463. The molecule has 0 heterocycles. The van der Waals surface area contributed by atoms with E-state index in [0.717, 1.165) is 6.07 Å². The van der Waals surface area contributed by atoms with Gasteiger partial charge in [0.1, 0.15) is 17.3 Å². The smallest absolute Gasteiger partial charge is 0.167 e. The van der Waals surface area contributed by atoms with E-state index in [9.17, 15) is 8.78 Å². The largest absolute Gasteiger partial charge is 0.506 e. The number of anilines is 1. The second-order valence-corrected chi connectivity index (χ2v) is 2.71. The highest BCUT2D eigenvalue weighted by Crippen LogP contribution is 2.31. The van der Waals surface area contributed by atoms with Crippen molar-refractivity contribution in [1.82, 2.24) is 0 Å². The van der Waals surface area contributed by atoms with Crippen molar-refractivity contribution in [3.8, 4) is 5.75 Å². The van der Waals surface area contributed by atoms with Gasteiger partial charge >= 0.3 is 0 Å². The van der Waals surface area contributed by atoms with Crippen LogP contribution >= 0.6 is 15.9 Å². The van der Waals surface area contributed by atoms with Crippen molar-refractivity contribution in [3.63, 3.8) is 0 Å². The summed E-state index contributed by atoms with van der Waals surface area (Å²) in [5.74, 6) is -2.46. The summed E-state index contributed by atoms with van der Waals surface area (Å²) in [5.41, 5.74) is 4.57. The third kappa shape index (κ3) is 1.28. The summed E-state index contributed by atoms with van der Waals surface area (Å²) in [6, 6.07) is 0.739. The van der Waals surface area contributed by atoms with Crippen LogP contribution in [0, 0.1) is 11.6 Å². The summed E-state index contributed by atoms with van der Waals surface area (Å²) < 4.78 is 24.8. The normalized spacial score (nSPS) is 10.1. The summed E-state index contributed by atoms with van der Waals surface area (Å²) >= 11 is 2.62. The number of halogens is 3. The fourth-order valence-electron chi connectivity index (χ4n) is 0.597. The number of hydrogen-bond acceptors (Lipinski definition) is 2. The van der Waals surface area contributed by atoms with Crippen LogP contribution in [0.25, 0.3) is 0 Å². The SMILES string of the molecule is Nc1c(O)cc(F)c(Br)c1F. The highest BCUT2D eigenvalue weighted by molar-refractivity contribution is 9.10. The molecule has 0 aromatic heterocycles. The van der Waals surface area contributed by atoms with E-state index in [2.05, 4.69) is 15.9 Å². The van der Waals surface area contributed by atoms with Crippen molar-refractivity contribution in [2.75, 3.05) is 5.73 Å². The zero-order valence-corrected chi connectivity index (χ0v) is 6.82. The molecule has 0 aliphatic heterocycles. The van der Waals surface area contributed by atoms with Gasteiger partial charge in [-0.15, -0.1) is 0 Å². The second-order valence-electron chi connectivity index (χ2n) is 1.92. The summed E-state index contributed by atoms with van der Waals surface area (Å²) in [6.45, 7) is 0. The Balaban J connectivity index is 3.46. The summed E-state index contributed by atoms with van der Waals surface area (Å²) in [6.07, 6.45) is 0. The Labute approximate surface area is 69.8 Å². The van der Waals surface area contributed by atoms with Crippen LogP contribution in [0.15, 0.2) is 10.5 Å². The van der Waals surface area contributed by atoms with Gasteiger partial charge in [0.15, 0.2) is 5.82 Å². The minimum Gasteiger partial charge on any atom is -0.506 e. The van der Waals surface area contributed by atoms with E-state index in [4.69, 9.17) is 10.8 Å². The molecular weight excluding hydrogens is 220 g/mol. The number of nitrogen functional groups attached to an aromatic ring is 1. The van der Waals surface area contributed by atoms with Crippen molar-refractivity contribution >= 4 is 21.6 Å². The topological polar surface area (TPSA) is 46.2 Å². The number of hydrogen-bond donors (Lipinski definition) is 2. The Hall–Kier alpha value is -0.840. The summed E-state index contributed by atoms with van der Waals surface area (Å²) in [4.78, 5) is 0. The maximum absolute atomic E-state index is 12.7. The van der Waals surface area contributed by atoms with Crippen molar-refractivity contribution in [2.45, 2.75) is 0 Å². The molecule has 2 nitrogen and oxygen atoms in total. The average Bonchev–Trinajstić information content (AvgIpc) is 1.97. The number of nitrogens with two attached hydrogens (primary N) is 1. The first-order valence-corrected chi connectivity index (χ1v) is 3.45. The third-order valence-electron chi connectivity index (χ3n) is 1.18. The lowest BCUT2D eigenvalue weighted by atomic mass is 10.3. The molecule has 0 amide bonds. The molecule has 0 radical (unpaired) electrons. The van der Waals surface area contributed by atoms with Crippen LogP contribution in [-0.2, 0) is 0 Å². The molecule has 60 valence electrons. The fourth-order valence-corrected chi connectivity index (χ4v) is 0.925. The Kier molecular flexibility index (Phi) is 1.99.